The van der Waals surface area contributed by atoms with Gasteiger partial charge in [-0.05, 0) is 48.2 Å². The third-order valence-corrected chi connectivity index (χ3v) is 7.72. The Labute approximate surface area is 160 Å². The fraction of sp³-hybridized carbons (Fsp3) is 0.222. The molecule has 0 saturated carbocycles. The highest BCUT2D eigenvalue weighted by Crippen LogP contribution is 2.35. The average molecular weight is 410 g/mol. The summed E-state index contributed by atoms with van der Waals surface area (Å²) >= 11 is 7.26. The number of nitrogens with one attached hydrogen (secondary N) is 1. The van der Waals surface area contributed by atoms with Crippen molar-refractivity contribution in [3.63, 3.8) is 0 Å². The molecule has 5 nitrogen and oxygen atoms in total. The zero-order valence-electron chi connectivity index (χ0n) is 13.9. The fourth-order valence-electron chi connectivity index (χ4n) is 2.86. The molecule has 0 bridgehead atoms. The number of hydrogen-bond donors (Lipinski definition) is 1. The largest absolute Gasteiger partial charge is 0.486 e. The molecule has 0 radical (unpaired) electrons. The van der Waals surface area contributed by atoms with Crippen LogP contribution >= 0.6 is 22.9 Å². The van der Waals surface area contributed by atoms with Crippen LogP contribution in [0.3, 0.4) is 0 Å². The third kappa shape index (κ3) is 3.27. The predicted molar refractivity (Wildman–Crippen MR) is 103 cm³/mol. The number of rotatable bonds is 4. The van der Waals surface area contributed by atoms with E-state index < -0.39 is 10.0 Å². The number of hydrogen-bond acceptors (Lipinski definition) is 5. The number of aryl methyl sites for hydroxylation is 1. The summed E-state index contributed by atoms with van der Waals surface area (Å²) in [5, 5.41) is 1.44. The summed E-state index contributed by atoms with van der Waals surface area (Å²) in [5.41, 5.74) is 0.700. The Kier molecular flexibility index (Phi) is 4.56. The van der Waals surface area contributed by atoms with Crippen molar-refractivity contribution in [2.75, 3.05) is 13.2 Å². The van der Waals surface area contributed by atoms with Crippen LogP contribution in [-0.2, 0) is 10.0 Å². The van der Waals surface area contributed by atoms with Crippen LogP contribution in [0.1, 0.15) is 5.56 Å². The van der Waals surface area contributed by atoms with Crippen molar-refractivity contribution in [2.45, 2.75) is 17.2 Å². The molecule has 1 aliphatic rings. The van der Waals surface area contributed by atoms with Gasteiger partial charge in [0.15, 0.2) is 11.5 Å². The van der Waals surface area contributed by atoms with Crippen molar-refractivity contribution in [1.29, 1.82) is 0 Å². The van der Waals surface area contributed by atoms with Crippen LogP contribution in [0.5, 0.6) is 11.5 Å². The number of thiophene rings is 1. The third-order valence-electron chi connectivity index (χ3n) is 4.17. The maximum absolute atomic E-state index is 12.8. The van der Waals surface area contributed by atoms with Gasteiger partial charge in [0.05, 0.1) is 6.54 Å². The lowest BCUT2D eigenvalue weighted by Crippen LogP contribution is -2.40. The van der Waals surface area contributed by atoms with Gasteiger partial charge < -0.3 is 9.47 Å². The molecule has 0 amide bonds. The highest BCUT2D eigenvalue weighted by Gasteiger charge is 2.26. The molecular weight excluding hydrogens is 394 g/mol. The van der Waals surface area contributed by atoms with Gasteiger partial charge >= 0.3 is 0 Å². The standard InChI is InChI=1S/C18H16ClNO4S2/c1-11-14-8-12(19)6-7-17(14)25-18(11)26(21,22)20-9-13-10-23-15-4-2-3-5-16(15)24-13/h2-8,13,20H,9-10H2,1H3. The molecule has 1 aliphatic heterocycles. The topological polar surface area (TPSA) is 64.6 Å². The minimum absolute atomic E-state index is 0.130. The second-order valence-corrected chi connectivity index (χ2v) is 9.46. The lowest BCUT2D eigenvalue weighted by Gasteiger charge is -2.26. The molecule has 1 unspecified atom stereocenters. The zero-order valence-corrected chi connectivity index (χ0v) is 16.2. The molecule has 0 spiro atoms. The van der Waals surface area contributed by atoms with Crippen molar-refractivity contribution in [2.24, 2.45) is 0 Å². The van der Waals surface area contributed by atoms with E-state index in [1.165, 1.54) is 11.3 Å². The van der Waals surface area contributed by atoms with Crippen molar-refractivity contribution in [3.8, 4) is 11.5 Å². The van der Waals surface area contributed by atoms with Gasteiger partial charge in [0.1, 0.15) is 16.9 Å². The van der Waals surface area contributed by atoms with E-state index in [4.69, 9.17) is 21.1 Å². The number of fused-ring (bicyclic) bond motifs is 2. The maximum Gasteiger partial charge on any atom is 0.250 e. The summed E-state index contributed by atoms with van der Waals surface area (Å²) in [7, 11) is -3.65. The molecule has 136 valence electrons. The van der Waals surface area contributed by atoms with Crippen LogP contribution in [0, 0.1) is 6.92 Å². The van der Waals surface area contributed by atoms with Crippen LogP contribution in [0.4, 0.5) is 0 Å². The van der Waals surface area contributed by atoms with Crippen LogP contribution in [0.25, 0.3) is 10.1 Å². The second-order valence-electron chi connectivity index (χ2n) is 6.00. The van der Waals surface area contributed by atoms with E-state index in [1.54, 1.807) is 25.1 Å². The molecule has 1 aromatic heterocycles. The smallest absolute Gasteiger partial charge is 0.250 e. The normalized spacial score (nSPS) is 16.8. The molecule has 1 atom stereocenters. The molecule has 1 N–H and O–H groups in total. The first kappa shape index (κ1) is 17.6. The Morgan fingerprint density at radius 3 is 2.81 bits per heavy atom. The molecule has 0 fully saturated rings. The summed E-state index contributed by atoms with van der Waals surface area (Å²) in [6.45, 7) is 2.21. The minimum atomic E-state index is -3.65. The van der Waals surface area contributed by atoms with E-state index >= 15 is 0 Å². The number of sulfonamides is 1. The minimum Gasteiger partial charge on any atom is -0.486 e. The molecule has 0 aliphatic carbocycles. The Morgan fingerprint density at radius 1 is 1.23 bits per heavy atom. The molecule has 26 heavy (non-hydrogen) atoms. The monoisotopic (exact) mass is 409 g/mol. The molecular formula is C18H16ClNO4S2. The van der Waals surface area contributed by atoms with E-state index in [0.717, 1.165) is 10.1 Å². The molecule has 4 rings (SSSR count). The Bertz CT molecular complexity index is 1080. The van der Waals surface area contributed by atoms with Gasteiger partial charge in [-0.25, -0.2) is 13.1 Å². The highest BCUT2D eigenvalue weighted by atomic mass is 35.5. The van der Waals surface area contributed by atoms with Crippen LogP contribution in [-0.4, -0.2) is 27.7 Å². The van der Waals surface area contributed by atoms with Gasteiger partial charge in [0.2, 0.25) is 10.0 Å². The van der Waals surface area contributed by atoms with E-state index in [1.807, 2.05) is 24.3 Å². The van der Waals surface area contributed by atoms with E-state index in [-0.39, 0.29) is 12.6 Å². The van der Waals surface area contributed by atoms with Gasteiger partial charge in [0, 0.05) is 9.72 Å². The number of ether oxygens (including phenoxy) is 2. The lowest BCUT2D eigenvalue weighted by molar-refractivity contribution is 0.0943. The molecule has 0 saturated heterocycles. The molecule has 2 aromatic carbocycles. The Morgan fingerprint density at radius 2 is 2.00 bits per heavy atom. The van der Waals surface area contributed by atoms with Crippen molar-refractivity contribution in [3.05, 3.63) is 53.1 Å². The summed E-state index contributed by atoms with van der Waals surface area (Å²) in [6.07, 6.45) is -0.385. The average Bonchev–Trinajstić information content (AvgIpc) is 2.97. The number of para-hydroxylation sites is 2. The van der Waals surface area contributed by atoms with Gasteiger partial charge in [-0.1, -0.05) is 23.7 Å². The summed E-state index contributed by atoms with van der Waals surface area (Å²) in [6, 6.07) is 12.7. The zero-order chi connectivity index (χ0) is 18.3. The SMILES string of the molecule is Cc1c(S(=O)(=O)NCC2COc3ccccc3O2)sc2ccc(Cl)cc12. The summed E-state index contributed by atoms with van der Waals surface area (Å²) < 4.78 is 40.8. The van der Waals surface area contributed by atoms with Crippen LogP contribution < -0.4 is 14.2 Å². The first-order valence-electron chi connectivity index (χ1n) is 8.01. The van der Waals surface area contributed by atoms with E-state index in [2.05, 4.69) is 4.72 Å². The molecule has 8 heteroatoms. The van der Waals surface area contributed by atoms with Gasteiger partial charge in [-0.3, -0.25) is 0 Å². The van der Waals surface area contributed by atoms with Gasteiger partial charge in [-0.15, -0.1) is 11.3 Å². The Hall–Kier alpha value is -1.80. The highest BCUT2D eigenvalue weighted by molar-refractivity contribution is 7.91. The summed E-state index contributed by atoms with van der Waals surface area (Å²) in [4.78, 5) is 0. The van der Waals surface area contributed by atoms with Crippen LogP contribution in [0.2, 0.25) is 5.02 Å². The number of benzene rings is 2. The number of halogens is 1. The first-order chi connectivity index (χ1) is 12.4. The quantitative estimate of drug-likeness (QED) is 0.707. The van der Waals surface area contributed by atoms with E-state index in [9.17, 15) is 8.42 Å². The second kappa shape index (κ2) is 6.74. The van der Waals surface area contributed by atoms with Crippen molar-refractivity contribution in [1.82, 2.24) is 4.72 Å². The maximum atomic E-state index is 12.8. The van der Waals surface area contributed by atoms with Crippen molar-refractivity contribution >= 4 is 43.0 Å². The van der Waals surface area contributed by atoms with Crippen LogP contribution in [0.15, 0.2) is 46.7 Å². The molecule has 3 aromatic rings. The lowest BCUT2D eigenvalue weighted by atomic mass is 10.2. The van der Waals surface area contributed by atoms with Gasteiger partial charge in [0.25, 0.3) is 0 Å². The molecule has 2 heterocycles. The fourth-order valence-corrected chi connectivity index (χ4v) is 5.89. The Balaban J connectivity index is 1.52. The first-order valence-corrected chi connectivity index (χ1v) is 10.7. The van der Waals surface area contributed by atoms with Crippen molar-refractivity contribution < 1.29 is 17.9 Å². The summed E-state index contributed by atoms with van der Waals surface area (Å²) in [5.74, 6) is 1.29. The van der Waals surface area contributed by atoms with E-state index in [0.29, 0.717) is 32.9 Å². The van der Waals surface area contributed by atoms with Gasteiger partial charge in [-0.2, -0.15) is 0 Å². The predicted octanol–water partition coefficient (Wildman–Crippen LogP) is 3.98.